The van der Waals surface area contributed by atoms with E-state index < -0.39 is 12.0 Å². The maximum atomic E-state index is 12.4. The van der Waals surface area contributed by atoms with E-state index in [1.165, 1.54) is 14.7 Å². The monoisotopic (exact) mass is 287 g/mol. The summed E-state index contributed by atoms with van der Waals surface area (Å²) in [7, 11) is 3.23. The normalized spacial score (nSPS) is 11.7. The van der Waals surface area contributed by atoms with Crippen LogP contribution in [0.1, 0.15) is 27.2 Å². The third-order valence-corrected chi connectivity index (χ3v) is 3.15. The van der Waals surface area contributed by atoms with Crippen LogP contribution in [0.25, 0.3) is 0 Å². The number of carboxylic acids is 1. The largest absolute Gasteiger partial charge is 0.480 e. The van der Waals surface area contributed by atoms with Crippen LogP contribution in [0.5, 0.6) is 0 Å². The third kappa shape index (κ3) is 5.46. The minimum atomic E-state index is -1.06. The SMILES string of the molecule is CCC(C)N(CC(=O)O)C(=O)N(CC)CC(=O)N(C)C. The maximum absolute atomic E-state index is 12.4. The van der Waals surface area contributed by atoms with Gasteiger partial charge < -0.3 is 19.8 Å². The first-order chi connectivity index (χ1) is 9.24. The summed E-state index contributed by atoms with van der Waals surface area (Å²) < 4.78 is 0. The fourth-order valence-corrected chi connectivity index (χ4v) is 1.58. The molecule has 0 rings (SSSR count). The number of carboxylic acid groups (broad SMARTS) is 1. The van der Waals surface area contributed by atoms with E-state index in [1.807, 2.05) is 6.92 Å². The third-order valence-electron chi connectivity index (χ3n) is 3.15. The molecule has 1 N–H and O–H groups in total. The summed E-state index contributed by atoms with van der Waals surface area (Å²) in [6.45, 7) is 5.38. The summed E-state index contributed by atoms with van der Waals surface area (Å²) in [4.78, 5) is 39.0. The number of hydrogen-bond donors (Lipinski definition) is 1. The first kappa shape index (κ1) is 18.2. The van der Waals surface area contributed by atoms with Crippen LogP contribution in [0.2, 0.25) is 0 Å². The number of carbonyl (C=O) groups excluding carboxylic acids is 2. The molecule has 0 fully saturated rings. The van der Waals surface area contributed by atoms with Gasteiger partial charge in [0.2, 0.25) is 5.91 Å². The van der Waals surface area contributed by atoms with Gasteiger partial charge in [-0.25, -0.2) is 4.79 Å². The number of rotatable bonds is 7. The van der Waals surface area contributed by atoms with E-state index >= 15 is 0 Å². The first-order valence-corrected chi connectivity index (χ1v) is 6.72. The molecule has 0 radical (unpaired) electrons. The van der Waals surface area contributed by atoms with Gasteiger partial charge in [-0.2, -0.15) is 0 Å². The highest BCUT2D eigenvalue weighted by Gasteiger charge is 2.27. The molecule has 0 saturated heterocycles. The Morgan fingerprint density at radius 1 is 1.10 bits per heavy atom. The van der Waals surface area contributed by atoms with Crippen LogP contribution in [0.3, 0.4) is 0 Å². The fraction of sp³-hybridized carbons (Fsp3) is 0.769. The summed E-state index contributed by atoms with van der Waals surface area (Å²) in [6, 6.07) is -0.610. The van der Waals surface area contributed by atoms with Gasteiger partial charge in [-0.15, -0.1) is 0 Å². The summed E-state index contributed by atoms with van der Waals surface area (Å²) in [5.41, 5.74) is 0. The van der Waals surface area contributed by atoms with Crippen LogP contribution >= 0.6 is 0 Å². The van der Waals surface area contributed by atoms with Gasteiger partial charge in [0.1, 0.15) is 13.1 Å². The van der Waals surface area contributed by atoms with Gasteiger partial charge in [-0.1, -0.05) is 6.92 Å². The minimum absolute atomic E-state index is 0.0467. The van der Waals surface area contributed by atoms with Gasteiger partial charge in [0.15, 0.2) is 0 Å². The molecule has 0 aliphatic rings. The van der Waals surface area contributed by atoms with Gasteiger partial charge in [0.05, 0.1) is 0 Å². The Morgan fingerprint density at radius 3 is 2.00 bits per heavy atom. The van der Waals surface area contributed by atoms with Crippen LogP contribution in [0.15, 0.2) is 0 Å². The van der Waals surface area contributed by atoms with Crippen molar-refractivity contribution in [1.82, 2.24) is 14.7 Å². The van der Waals surface area contributed by atoms with Crippen LogP contribution in [0, 0.1) is 0 Å². The molecule has 1 atom stereocenters. The van der Waals surface area contributed by atoms with E-state index in [1.54, 1.807) is 27.9 Å². The summed E-state index contributed by atoms with van der Waals surface area (Å²) in [6.07, 6.45) is 0.651. The van der Waals surface area contributed by atoms with Crippen LogP contribution < -0.4 is 0 Å². The molecule has 7 heteroatoms. The van der Waals surface area contributed by atoms with Crippen molar-refractivity contribution >= 4 is 17.9 Å². The smallest absolute Gasteiger partial charge is 0.323 e. The lowest BCUT2D eigenvalue weighted by Crippen LogP contribution is -2.51. The van der Waals surface area contributed by atoms with E-state index in [2.05, 4.69) is 0 Å². The van der Waals surface area contributed by atoms with Crippen molar-refractivity contribution in [3.63, 3.8) is 0 Å². The molecule has 0 bridgehead atoms. The van der Waals surface area contributed by atoms with Crippen molar-refractivity contribution in [2.75, 3.05) is 33.7 Å². The van der Waals surface area contributed by atoms with Crippen molar-refractivity contribution in [1.29, 1.82) is 0 Å². The second-order valence-electron chi connectivity index (χ2n) is 4.86. The molecule has 116 valence electrons. The molecule has 0 saturated carbocycles. The average Bonchev–Trinajstić information content (AvgIpc) is 2.39. The van der Waals surface area contributed by atoms with E-state index in [-0.39, 0.29) is 25.0 Å². The topological polar surface area (TPSA) is 81.2 Å². The van der Waals surface area contributed by atoms with Gasteiger partial charge in [0.25, 0.3) is 0 Å². The number of hydrogen-bond acceptors (Lipinski definition) is 3. The van der Waals surface area contributed by atoms with Crippen LogP contribution in [-0.2, 0) is 9.59 Å². The number of aliphatic carboxylic acids is 1. The molecular formula is C13H25N3O4. The molecule has 0 aliphatic carbocycles. The number of amides is 3. The molecule has 7 nitrogen and oxygen atoms in total. The summed E-state index contributed by atoms with van der Waals surface area (Å²) >= 11 is 0. The maximum Gasteiger partial charge on any atom is 0.323 e. The predicted octanol–water partition coefficient (Wildman–Crippen LogP) is 0.702. The zero-order chi connectivity index (χ0) is 15.9. The molecule has 0 aromatic heterocycles. The van der Waals surface area contributed by atoms with Gasteiger partial charge in [-0.05, 0) is 20.3 Å². The Bertz CT molecular complexity index is 358. The zero-order valence-electron chi connectivity index (χ0n) is 12.9. The minimum Gasteiger partial charge on any atom is -0.480 e. The Kier molecular flexibility index (Phi) is 7.64. The fourth-order valence-electron chi connectivity index (χ4n) is 1.58. The highest BCUT2D eigenvalue weighted by Crippen LogP contribution is 2.08. The average molecular weight is 287 g/mol. The van der Waals surface area contributed by atoms with Crippen molar-refractivity contribution in [3.8, 4) is 0 Å². The van der Waals surface area contributed by atoms with Crippen molar-refractivity contribution in [2.24, 2.45) is 0 Å². The zero-order valence-corrected chi connectivity index (χ0v) is 12.9. The van der Waals surface area contributed by atoms with E-state index in [9.17, 15) is 14.4 Å². The molecule has 0 aromatic rings. The molecule has 0 spiro atoms. The van der Waals surface area contributed by atoms with E-state index in [4.69, 9.17) is 5.11 Å². The Morgan fingerprint density at radius 2 is 1.65 bits per heavy atom. The summed E-state index contributed by atoms with van der Waals surface area (Å²) in [5.74, 6) is -1.26. The van der Waals surface area contributed by atoms with Gasteiger partial charge in [-0.3, -0.25) is 9.59 Å². The van der Waals surface area contributed by atoms with Crippen LogP contribution in [0.4, 0.5) is 4.79 Å². The standard InChI is InChI=1S/C13H25N3O4/c1-6-10(3)16(9-12(18)19)13(20)15(7-2)8-11(17)14(4)5/h10H,6-9H2,1-5H3,(H,18,19). The molecule has 0 aliphatic heterocycles. The highest BCUT2D eigenvalue weighted by atomic mass is 16.4. The number of nitrogens with zero attached hydrogens (tertiary/aromatic N) is 3. The molecule has 20 heavy (non-hydrogen) atoms. The Balaban J connectivity index is 4.99. The highest BCUT2D eigenvalue weighted by molar-refractivity contribution is 5.85. The quantitative estimate of drug-likeness (QED) is 0.747. The number of likely N-dealkylation sites (N-methyl/N-ethyl adjacent to an activating group) is 2. The lowest BCUT2D eigenvalue weighted by Gasteiger charge is -2.32. The Labute approximate surface area is 120 Å². The molecule has 1 unspecified atom stereocenters. The first-order valence-electron chi connectivity index (χ1n) is 6.72. The lowest BCUT2D eigenvalue weighted by atomic mass is 10.2. The van der Waals surface area contributed by atoms with E-state index in [0.717, 1.165) is 0 Å². The second-order valence-corrected chi connectivity index (χ2v) is 4.86. The van der Waals surface area contributed by atoms with Crippen molar-refractivity contribution < 1.29 is 19.5 Å². The van der Waals surface area contributed by atoms with Crippen molar-refractivity contribution in [3.05, 3.63) is 0 Å². The lowest BCUT2D eigenvalue weighted by molar-refractivity contribution is -0.138. The molecule has 0 aromatic carbocycles. The molecule has 0 heterocycles. The van der Waals surface area contributed by atoms with Gasteiger partial charge in [0, 0.05) is 26.7 Å². The Hall–Kier alpha value is -1.79. The predicted molar refractivity (Wildman–Crippen MR) is 75.4 cm³/mol. The molecule has 3 amide bonds. The number of carbonyl (C=O) groups is 3. The second kappa shape index (κ2) is 8.39. The summed E-state index contributed by atoms with van der Waals surface area (Å²) in [5, 5.41) is 8.91. The van der Waals surface area contributed by atoms with Crippen molar-refractivity contribution in [2.45, 2.75) is 33.2 Å². The van der Waals surface area contributed by atoms with E-state index in [0.29, 0.717) is 13.0 Å². The van der Waals surface area contributed by atoms with Gasteiger partial charge >= 0.3 is 12.0 Å². The van der Waals surface area contributed by atoms with Crippen LogP contribution in [-0.4, -0.2) is 77.5 Å². The molecular weight excluding hydrogens is 262 g/mol. The number of urea groups is 1.